The maximum absolute atomic E-state index is 12.9. The van der Waals surface area contributed by atoms with Crippen molar-refractivity contribution in [3.63, 3.8) is 0 Å². The summed E-state index contributed by atoms with van der Waals surface area (Å²) in [5.74, 6) is 3.89. The zero-order valence-electron chi connectivity index (χ0n) is 53.3. The van der Waals surface area contributed by atoms with Gasteiger partial charge in [-0.15, -0.1) is 0 Å². The van der Waals surface area contributed by atoms with Crippen LogP contribution in [0.2, 0.25) is 0 Å². The molecule has 4 aliphatic carbocycles. The number of nitrogen functional groups attached to an aromatic ring is 1. The number of unbranched alkanes of at least 4 members (excludes halogenated alkanes) is 1. The Labute approximate surface area is 536 Å². The average Bonchev–Trinajstić information content (AvgIpc) is 1.35. The van der Waals surface area contributed by atoms with Gasteiger partial charge in [-0.05, 0) is 166 Å². The molecule has 13 N–H and O–H groups in total. The zero-order chi connectivity index (χ0) is 64.8. The van der Waals surface area contributed by atoms with Crippen molar-refractivity contribution in [2.75, 3.05) is 61.9 Å². The summed E-state index contributed by atoms with van der Waals surface area (Å²) in [6.45, 7) is 15.1. The SMILES string of the molecule is CC(C)CCCC(C)C1CCC2C3CCC4CC(OC(=O)NCCN=C(N)CCCSSCCNCCOC(=O)NCCCCC(NC(=O)CCC(NC(=O)c5ccc(NCc6cnc7nc(N)[nH]c(=O)c7n6)cc5)C(=O)O)C(=O)O)CCC4(C)C3CCC12C. The minimum absolute atomic E-state index is 0.0246. The number of aromatic amines is 1. The van der Waals surface area contributed by atoms with Gasteiger partial charge in [0.1, 0.15) is 24.8 Å². The van der Waals surface area contributed by atoms with Crippen molar-refractivity contribution in [2.45, 2.75) is 181 Å². The predicted molar refractivity (Wildman–Crippen MR) is 352 cm³/mol. The Balaban J connectivity index is 0.647. The lowest BCUT2D eigenvalue weighted by Crippen LogP contribution is -2.54. The molecule has 0 spiro atoms. The van der Waals surface area contributed by atoms with E-state index in [1.165, 1.54) is 76.1 Å². The van der Waals surface area contributed by atoms with Crippen molar-refractivity contribution in [1.29, 1.82) is 0 Å². The summed E-state index contributed by atoms with van der Waals surface area (Å²) < 4.78 is 11.2. The standard InChI is InChI=1S/C64H99N13O11S2/c1-39(2)10-8-11-40(3)47-20-21-48-46-19-16-42-36-45(24-26-63(42,4)49(46)25-27-64(47,48)5)88-62(86)70-30-29-68-52(65)13-9-34-89-90-35-32-67-31-33-87-61(85)69-28-7-6-12-50(58(81)82)74-53(78)23-22-51(59(83)84)75-56(79)41-14-17-43(18-15-41)71-37-44-38-72-55-54(73-44)57(80)77-60(66)76-55/h14-15,17-18,38-40,42,45-51,67,71H,6-13,16,19-37H2,1-5H3,(H2,65,68)(H,69,85)(H,70,86)(H,74,78)(H,75,79)(H,81,82)(H,83,84)(H3,66,72,76,77,80). The number of fused-ring (bicyclic) bond motifs is 6. The molecular formula is C64H99N13O11S2. The predicted octanol–water partition coefficient (Wildman–Crippen LogP) is 8.66. The lowest BCUT2D eigenvalue weighted by Gasteiger charge is -2.61. The monoisotopic (exact) mass is 1290 g/mol. The van der Waals surface area contributed by atoms with Crippen LogP contribution in [-0.4, -0.2) is 141 Å². The molecule has 0 saturated heterocycles. The first-order valence-corrected chi connectivity index (χ1v) is 35.1. The van der Waals surface area contributed by atoms with E-state index < -0.39 is 47.5 Å². The number of anilines is 2. The largest absolute Gasteiger partial charge is 0.480 e. The summed E-state index contributed by atoms with van der Waals surface area (Å²) in [4.78, 5) is 106. The van der Waals surface area contributed by atoms with Crippen molar-refractivity contribution in [2.24, 2.45) is 63.0 Å². The van der Waals surface area contributed by atoms with Crippen LogP contribution in [0.4, 0.5) is 21.2 Å². The summed E-state index contributed by atoms with van der Waals surface area (Å²) in [5.41, 5.74) is 13.4. The van der Waals surface area contributed by atoms with Gasteiger partial charge in [0.15, 0.2) is 11.2 Å². The molecule has 4 aliphatic rings. The number of hydrogen-bond acceptors (Lipinski definition) is 18. The number of rotatable bonds is 36. The molecule has 2 aromatic heterocycles. The third-order valence-corrected chi connectivity index (χ3v) is 22.1. The Morgan fingerprint density at radius 1 is 0.778 bits per heavy atom. The lowest BCUT2D eigenvalue weighted by molar-refractivity contribution is -0.142. The highest BCUT2D eigenvalue weighted by Crippen LogP contribution is 2.68. The molecule has 0 aliphatic heterocycles. The van der Waals surface area contributed by atoms with Crippen LogP contribution in [0.5, 0.6) is 0 Å². The minimum Gasteiger partial charge on any atom is -0.480 e. The third kappa shape index (κ3) is 20.8. The Bertz CT molecular complexity index is 2960. The molecule has 24 nitrogen and oxygen atoms in total. The van der Waals surface area contributed by atoms with Gasteiger partial charge in [-0.2, -0.15) is 4.98 Å². The molecule has 498 valence electrons. The molecule has 11 unspecified atom stereocenters. The lowest BCUT2D eigenvalue weighted by atomic mass is 9.44. The maximum Gasteiger partial charge on any atom is 0.407 e. The number of H-pyrrole nitrogens is 1. The van der Waals surface area contributed by atoms with E-state index in [4.69, 9.17) is 20.9 Å². The number of carbonyl (C=O) groups excluding carboxylic acids is 4. The molecular weight excluding hydrogens is 1190 g/mol. The molecule has 26 heteroatoms. The van der Waals surface area contributed by atoms with Gasteiger partial charge in [0.05, 0.1) is 30.8 Å². The van der Waals surface area contributed by atoms with E-state index in [9.17, 15) is 43.8 Å². The normalized spacial score (nSPS) is 23.9. The number of aliphatic carboxylic acids is 2. The van der Waals surface area contributed by atoms with E-state index in [1.807, 2.05) is 0 Å². The van der Waals surface area contributed by atoms with Crippen molar-refractivity contribution in [3.05, 3.63) is 52.1 Å². The number of carboxylic acids is 2. The minimum atomic E-state index is -1.44. The van der Waals surface area contributed by atoms with E-state index in [0.29, 0.717) is 72.9 Å². The van der Waals surface area contributed by atoms with Gasteiger partial charge in [-0.25, -0.2) is 29.1 Å². The van der Waals surface area contributed by atoms with Crippen LogP contribution in [0.3, 0.4) is 0 Å². The molecule has 1 aromatic carbocycles. The fraction of sp³-hybridized carbons (Fsp3) is 0.703. The van der Waals surface area contributed by atoms with Crippen LogP contribution in [-0.2, 0) is 30.4 Å². The quantitative estimate of drug-likeness (QED) is 0.0112. The van der Waals surface area contributed by atoms with Crippen LogP contribution >= 0.6 is 21.6 Å². The summed E-state index contributed by atoms with van der Waals surface area (Å²) in [7, 11) is 3.50. The molecule has 3 aromatic rings. The van der Waals surface area contributed by atoms with E-state index >= 15 is 0 Å². The van der Waals surface area contributed by atoms with Gasteiger partial charge < -0.3 is 63.1 Å². The second-order valence-corrected chi connectivity index (χ2v) is 28.8. The number of nitrogens with one attached hydrogen (secondary N) is 7. The number of ether oxygens (including phenoxy) is 2. The smallest absolute Gasteiger partial charge is 0.407 e. The van der Waals surface area contributed by atoms with Crippen LogP contribution < -0.4 is 48.9 Å². The van der Waals surface area contributed by atoms with E-state index in [-0.39, 0.29) is 73.8 Å². The summed E-state index contributed by atoms with van der Waals surface area (Å²) >= 11 is 0. The fourth-order valence-electron chi connectivity index (χ4n) is 14.9. The highest BCUT2D eigenvalue weighted by atomic mass is 33.1. The van der Waals surface area contributed by atoms with Crippen LogP contribution in [0.1, 0.15) is 173 Å². The maximum atomic E-state index is 12.9. The molecule has 4 amide bonds. The first-order valence-electron chi connectivity index (χ1n) is 32.6. The van der Waals surface area contributed by atoms with Crippen LogP contribution in [0.25, 0.3) is 11.2 Å². The van der Waals surface area contributed by atoms with Gasteiger partial charge in [0, 0.05) is 61.8 Å². The molecule has 4 fully saturated rings. The van der Waals surface area contributed by atoms with E-state index in [2.05, 4.69) is 91.4 Å². The number of aliphatic imine (C=N–C) groups is 1. The third-order valence-electron chi connectivity index (χ3n) is 19.6. The van der Waals surface area contributed by atoms with Gasteiger partial charge in [0.25, 0.3) is 11.5 Å². The van der Waals surface area contributed by atoms with Gasteiger partial charge in [-0.1, -0.05) is 75.5 Å². The van der Waals surface area contributed by atoms with Crippen molar-refractivity contribution < 1.29 is 48.5 Å². The number of carbonyl (C=O) groups is 6. The number of hydrogen-bond donors (Lipinski definition) is 11. The number of alkyl carbamates (subject to hydrolysis) is 2. The number of aromatic nitrogens is 4. The van der Waals surface area contributed by atoms with Crippen LogP contribution in [0, 0.1) is 52.3 Å². The number of benzene rings is 1. The molecule has 4 saturated carbocycles. The average molecular weight is 1290 g/mol. The summed E-state index contributed by atoms with van der Waals surface area (Å²) in [5, 5.41) is 36.2. The second-order valence-electron chi connectivity index (χ2n) is 26.1. The number of nitrogens with two attached hydrogens (primary N) is 2. The number of carboxylic acid groups (broad SMARTS) is 2. The Kier molecular flexibility index (Phi) is 27.5. The van der Waals surface area contributed by atoms with Gasteiger partial charge >= 0.3 is 24.1 Å². The molecule has 90 heavy (non-hydrogen) atoms. The first-order chi connectivity index (χ1) is 43.1. The van der Waals surface area contributed by atoms with Gasteiger partial charge in [-0.3, -0.25) is 24.4 Å². The Morgan fingerprint density at radius 3 is 2.28 bits per heavy atom. The van der Waals surface area contributed by atoms with E-state index in [1.54, 1.807) is 33.7 Å². The Hall–Kier alpha value is -6.41. The number of amides is 4. The molecule has 0 radical (unpaired) electrons. The van der Waals surface area contributed by atoms with Crippen molar-refractivity contribution in [1.82, 2.24) is 46.5 Å². The zero-order valence-corrected chi connectivity index (χ0v) is 54.9. The highest BCUT2D eigenvalue weighted by molar-refractivity contribution is 8.76. The van der Waals surface area contributed by atoms with Crippen molar-refractivity contribution in [3.8, 4) is 0 Å². The topological polar surface area (TPSA) is 369 Å². The summed E-state index contributed by atoms with van der Waals surface area (Å²) in [6, 6.07) is 3.43. The van der Waals surface area contributed by atoms with Gasteiger partial charge in [0.2, 0.25) is 11.9 Å². The second kappa shape index (κ2) is 34.9. The highest BCUT2D eigenvalue weighted by Gasteiger charge is 2.61. The Morgan fingerprint density at radius 2 is 1.51 bits per heavy atom. The summed E-state index contributed by atoms with van der Waals surface area (Å²) in [6.07, 6.45) is 17.6. The first kappa shape index (κ1) is 71.0. The molecule has 2 heterocycles. The number of nitrogens with zero attached hydrogens (tertiary/aromatic N) is 4. The van der Waals surface area contributed by atoms with Crippen LogP contribution in [0.15, 0.2) is 40.2 Å². The fourth-order valence-corrected chi connectivity index (χ4v) is 16.9. The van der Waals surface area contributed by atoms with Crippen molar-refractivity contribution >= 4 is 86.2 Å². The molecule has 7 rings (SSSR count). The number of amidine groups is 1. The molecule has 0 bridgehead atoms. The van der Waals surface area contributed by atoms with E-state index in [0.717, 1.165) is 79.2 Å². The molecule has 11 atom stereocenters.